The summed E-state index contributed by atoms with van der Waals surface area (Å²) in [4.78, 5) is 15.3. The van der Waals surface area contributed by atoms with Gasteiger partial charge in [-0.1, -0.05) is 60.2 Å². The van der Waals surface area contributed by atoms with E-state index in [0.717, 1.165) is 21.6 Å². The molecule has 0 spiro atoms. The third-order valence-corrected chi connectivity index (χ3v) is 5.35. The molecule has 1 heterocycles. The molecule has 2 aromatic carbocycles. The summed E-state index contributed by atoms with van der Waals surface area (Å²) in [7, 11) is 0. The van der Waals surface area contributed by atoms with E-state index in [-0.39, 0.29) is 5.24 Å². The summed E-state index contributed by atoms with van der Waals surface area (Å²) in [6.45, 7) is 2.51. The van der Waals surface area contributed by atoms with Gasteiger partial charge in [0, 0.05) is 5.02 Å². The minimum absolute atomic E-state index is 0.0372. The molecule has 3 rings (SSSR count). The number of carbonyl (C=O) groups is 1. The molecule has 0 aromatic heterocycles. The maximum absolute atomic E-state index is 12.3. The Kier molecular flexibility index (Phi) is 4.85. The number of hydrogen-bond acceptors (Lipinski definition) is 3. The minimum Gasteiger partial charge on any atom is -0.288 e. The maximum Gasteiger partial charge on any atom is 0.291 e. The van der Waals surface area contributed by atoms with Crippen molar-refractivity contribution in [2.24, 2.45) is 0 Å². The summed E-state index contributed by atoms with van der Waals surface area (Å²) in [6, 6.07) is 15.5. The zero-order valence-corrected chi connectivity index (χ0v) is 14.8. The van der Waals surface area contributed by atoms with E-state index in [9.17, 15) is 4.79 Å². The molecular weight excluding hydrogens is 346 g/mol. The van der Waals surface area contributed by atoms with Crippen LogP contribution in [0.1, 0.15) is 16.7 Å². The van der Waals surface area contributed by atoms with E-state index in [4.69, 9.17) is 23.8 Å². The quantitative estimate of drug-likeness (QED) is 0.519. The van der Waals surface area contributed by atoms with Gasteiger partial charge >= 0.3 is 0 Å². The zero-order chi connectivity index (χ0) is 16.4. The molecular formula is C18H14ClNOS2. The van der Waals surface area contributed by atoms with Gasteiger partial charge in [0.15, 0.2) is 0 Å². The van der Waals surface area contributed by atoms with Crippen LogP contribution in [0, 0.1) is 6.92 Å². The second kappa shape index (κ2) is 6.87. The monoisotopic (exact) mass is 359 g/mol. The van der Waals surface area contributed by atoms with Crippen molar-refractivity contribution >= 4 is 51.9 Å². The Morgan fingerprint density at radius 3 is 2.57 bits per heavy atom. The van der Waals surface area contributed by atoms with Crippen molar-refractivity contribution in [3.05, 3.63) is 75.1 Å². The first-order valence-electron chi connectivity index (χ1n) is 7.10. The van der Waals surface area contributed by atoms with Crippen LogP contribution in [0.4, 0.5) is 4.79 Å². The summed E-state index contributed by atoms with van der Waals surface area (Å²) >= 11 is 12.6. The van der Waals surface area contributed by atoms with Crippen LogP contribution in [-0.4, -0.2) is 15.1 Å². The molecule has 0 atom stereocenters. The van der Waals surface area contributed by atoms with E-state index >= 15 is 0 Å². The Hall–Kier alpha value is -1.62. The Bertz CT molecular complexity index is 799. The molecule has 1 saturated heterocycles. The molecule has 23 heavy (non-hydrogen) atoms. The lowest BCUT2D eigenvalue weighted by atomic mass is 10.1. The van der Waals surface area contributed by atoms with Crippen molar-refractivity contribution in [1.82, 2.24) is 4.90 Å². The highest BCUT2D eigenvalue weighted by Crippen LogP contribution is 2.34. The number of aryl methyl sites for hydroxylation is 1. The van der Waals surface area contributed by atoms with Gasteiger partial charge in [-0.3, -0.25) is 9.69 Å². The third kappa shape index (κ3) is 3.66. The number of thiocarbonyl (C=S) groups is 1. The third-order valence-electron chi connectivity index (χ3n) is 3.60. The molecule has 0 N–H and O–H groups in total. The predicted octanol–water partition coefficient (Wildman–Crippen LogP) is 5.69. The minimum atomic E-state index is -0.0372. The number of carbonyl (C=O) groups excluding carboxylic acids is 1. The average Bonchev–Trinajstić information content (AvgIpc) is 2.79. The molecule has 116 valence electrons. The molecule has 1 fully saturated rings. The number of amides is 1. The fourth-order valence-electron chi connectivity index (χ4n) is 2.30. The normalized spacial score (nSPS) is 16.4. The summed E-state index contributed by atoms with van der Waals surface area (Å²) in [5, 5.41) is 0.642. The second-order valence-corrected chi connectivity index (χ2v) is 7.07. The van der Waals surface area contributed by atoms with Gasteiger partial charge in [-0.15, -0.1) is 0 Å². The largest absolute Gasteiger partial charge is 0.291 e. The number of benzene rings is 2. The van der Waals surface area contributed by atoms with E-state index in [2.05, 4.69) is 0 Å². The number of nitrogens with zero attached hydrogens (tertiary/aromatic N) is 1. The highest BCUT2D eigenvalue weighted by atomic mass is 35.5. The lowest BCUT2D eigenvalue weighted by Crippen LogP contribution is -2.26. The van der Waals surface area contributed by atoms with Crippen LogP contribution >= 0.6 is 35.6 Å². The molecule has 1 amide bonds. The fourth-order valence-corrected chi connectivity index (χ4v) is 3.65. The molecule has 0 aliphatic carbocycles. The molecule has 1 aliphatic heterocycles. The van der Waals surface area contributed by atoms with Gasteiger partial charge in [0.05, 0.1) is 11.4 Å². The average molecular weight is 360 g/mol. The van der Waals surface area contributed by atoms with Gasteiger partial charge in [0.1, 0.15) is 4.99 Å². The van der Waals surface area contributed by atoms with Gasteiger partial charge in [-0.25, -0.2) is 0 Å². The SMILES string of the molecule is Cc1ccccc1/C=C1\SC(=O)N(Cc2ccc(Cl)cc2)C1=S. The van der Waals surface area contributed by atoms with Gasteiger partial charge in [-0.2, -0.15) is 0 Å². The number of thioether (sulfide) groups is 1. The molecule has 0 saturated carbocycles. The van der Waals surface area contributed by atoms with Crippen LogP contribution in [0.3, 0.4) is 0 Å². The van der Waals surface area contributed by atoms with Crippen LogP contribution in [0.25, 0.3) is 6.08 Å². The first-order valence-corrected chi connectivity index (χ1v) is 8.70. The predicted molar refractivity (Wildman–Crippen MR) is 102 cm³/mol. The van der Waals surface area contributed by atoms with E-state index in [1.807, 2.05) is 61.5 Å². The van der Waals surface area contributed by atoms with Crippen molar-refractivity contribution in [3.8, 4) is 0 Å². The second-order valence-electron chi connectivity index (χ2n) is 5.25. The molecule has 0 radical (unpaired) electrons. The lowest BCUT2D eigenvalue weighted by Gasteiger charge is -2.14. The first-order chi connectivity index (χ1) is 11.0. The summed E-state index contributed by atoms with van der Waals surface area (Å²) in [6.07, 6.45) is 1.99. The van der Waals surface area contributed by atoms with Crippen LogP contribution < -0.4 is 0 Å². The van der Waals surface area contributed by atoms with E-state index in [1.54, 1.807) is 4.90 Å². The van der Waals surface area contributed by atoms with Crippen LogP contribution in [0.2, 0.25) is 5.02 Å². The fraction of sp³-hybridized carbons (Fsp3) is 0.111. The van der Waals surface area contributed by atoms with E-state index in [0.29, 0.717) is 16.6 Å². The van der Waals surface area contributed by atoms with Crippen molar-refractivity contribution < 1.29 is 4.79 Å². The Labute approximate surface area is 150 Å². The van der Waals surface area contributed by atoms with Gasteiger partial charge in [0.2, 0.25) is 0 Å². The lowest BCUT2D eigenvalue weighted by molar-refractivity contribution is 0.244. The van der Waals surface area contributed by atoms with E-state index in [1.165, 1.54) is 11.8 Å². The Balaban J connectivity index is 1.82. The zero-order valence-electron chi connectivity index (χ0n) is 12.5. The van der Waals surface area contributed by atoms with Gasteiger partial charge in [-0.05, 0) is 53.6 Å². The van der Waals surface area contributed by atoms with Crippen LogP contribution in [-0.2, 0) is 6.54 Å². The highest BCUT2D eigenvalue weighted by molar-refractivity contribution is 8.19. The molecule has 5 heteroatoms. The van der Waals surface area contributed by atoms with Crippen molar-refractivity contribution in [3.63, 3.8) is 0 Å². The van der Waals surface area contributed by atoms with Crippen LogP contribution in [0.5, 0.6) is 0 Å². The molecule has 2 aromatic rings. The number of hydrogen-bond donors (Lipinski definition) is 0. The molecule has 1 aliphatic rings. The molecule has 0 bridgehead atoms. The highest BCUT2D eigenvalue weighted by Gasteiger charge is 2.31. The first kappa shape index (κ1) is 16.2. The number of halogens is 1. The standard InChI is InChI=1S/C18H14ClNOS2/c1-12-4-2-3-5-14(12)10-16-17(22)20(18(21)23-16)11-13-6-8-15(19)9-7-13/h2-10H,11H2,1H3/b16-10-. The van der Waals surface area contributed by atoms with Crippen LogP contribution in [0.15, 0.2) is 53.4 Å². The van der Waals surface area contributed by atoms with E-state index < -0.39 is 0 Å². The van der Waals surface area contributed by atoms with Crippen molar-refractivity contribution in [2.75, 3.05) is 0 Å². The smallest absolute Gasteiger partial charge is 0.288 e. The molecule has 0 unspecified atom stereocenters. The van der Waals surface area contributed by atoms with Gasteiger partial charge < -0.3 is 0 Å². The summed E-state index contributed by atoms with van der Waals surface area (Å²) in [5.41, 5.74) is 3.24. The Morgan fingerprint density at radius 2 is 1.87 bits per heavy atom. The van der Waals surface area contributed by atoms with Crippen molar-refractivity contribution in [2.45, 2.75) is 13.5 Å². The van der Waals surface area contributed by atoms with Gasteiger partial charge in [0.25, 0.3) is 5.24 Å². The molecule has 2 nitrogen and oxygen atoms in total. The number of rotatable bonds is 3. The summed E-state index contributed by atoms with van der Waals surface area (Å²) < 4.78 is 0. The Morgan fingerprint density at radius 1 is 1.17 bits per heavy atom. The topological polar surface area (TPSA) is 20.3 Å². The van der Waals surface area contributed by atoms with Crippen molar-refractivity contribution in [1.29, 1.82) is 0 Å². The maximum atomic E-state index is 12.3. The summed E-state index contributed by atoms with van der Waals surface area (Å²) in [5.74, 6) is 0.